The molecule has 1 aliphatic carbocycles. The van der Waals surface area contributed by atoms with Crippen molar-refractivity contribution in [2.24, 2.45) is 11.8 Å². The Labute approximate surface area is 228 Å². The Balaban J connectivity index is 1.48. The number of aliphatic carboxylic acids is 1. The van der Waals surface area contributed by atoms with Crippen molar-refractivity contribution in [3.05, 3.63) is 87.9 Å². The van der Waals surface area contributed by atoms with Crippen molar-refractivity contribution >= 4 is 34.1 Å². The summed E-state index contributed by atoms with van der Waals surface area (Å²) < 4.78 is 44.0. The maximum Gasteiger partial charge on any atom is 0.393 e. The van der Waals surface area contributed by atoms with E-state index in [1.165, 1.54) is 11.3 Å². The maximum absolute atomic E-state index is 14.1. The smallest absolute Gasteiger partial charge is 0.393 e. The number of thiophene rings is 1. The minimum absolute atomic E-state index is 0.0842. The number of alkyl halides is 3. The van der Waals surface area contributed by atoms with Gasteiger partial charge in [-0.1, -0.05) is 49.2 Å². The second kappa shape index (κ2) is 11.3. The third-order valence-corrected chi connectivity index (χ3v) is 8.46. The number of ketones is 1. The van der Waals surface area contributed by atoms with Gasteiger partial charge in [-0.05, 0) is 54.5 Å². The maximum atomic E-state index is 14.1. The normalized spacial score (nSPS) is 18.7. The molecule has 0 aliphatic heterocycles. The van der Waals surface area contributed by atoms with Crippen LogP contribution < -0.4 is 0 Å². The number of aromatic nitrogens is 2. The van der Waals surface area contributed by atoms with Crippen molar-refractivity contribution in [3.63, 3.8) is 0 Å². The highest BCUT2D eigenvalue weighted by Crippen LogP contribution is 2.45. The molecule has 0 radical (unpaired) electrons. The first kappa shape index (κ1) is 27.1. The number of rotatable bonds is 9. The zero-order valence-electron chi connectivity index (χ0n) is 21.2. The molecule has 1 N–H and O–H groups in total. The predicted molar refractivity (Wildman–Crippen MR) is 144 cm³/mol. The van der Waals surface area contributed by atoms with Crippen LogP contribution in [-0.2, 0) is 17.6 Å². The fraction of sp³-hybridized carbons (Fsp3) is 0.367. The number of fused-ring (bicyclic) bond motifs is 1. The van der Waals surface area contributed by atoms with Gasteiger partial charge in [0.25, 0.3) is 0 Å². The quantitative estimate of drug-likeness (QED) is 0.218. The first-order chi connectivity index (χ1) is 18.7. The van der Waals surface area contributed by atoms with Crippen molar-refractivity contribution in [1.29, 1.82) is 0 Å². The van der Waals surface area contributed by atoms with E-state index in [0.29, 0.717) is 48.1 Å². The number of nitrogens with zero attached hydrogens (tertiary/aromatic N) is 2. The Hall–Kier alpha value is -3.46. The number of carbonyl (C=O) groups is 2. The van der Waals surface area contributed by atoms with Crippen LogP contribution in [-0.4, -0.2) is 32.6 Å². The molecule has 0 amide bonds. The lowest BCUT2D eigenvalue weighted by Crippen LogP contribution is -2.35. The summed E-state index contributed by atoms with van der Waals surface area (Å²) in [5.41, 5.74) is 2.16. The third kappa shape index (κ3) is 6.08. The van der Waals surface area contributed by atoms with Crippen LogP contribution in [0.15, 0.2) is 66.0 Å². The molecule has 4 aromatic rings. The van der Waals surface area contributed by atoms with Gasteiger partial charge in [-0.25, -0.2) is 4.98 Å². The average molecular weight is 555 g/mol. The van der Waals surface area contributed by atoms with Crippen LogP contribution in [0, 0.1) is 11.8 Å². The second-order valence-electron chi connectivity index (χ2n) is 10.2. The van der Waals surface area contributed by atoms with Crippen molar-refractivity contribution in [2.75, 3.05) is 0 Å². The number of Topliss-reactive ketones (excluding diaryl/α,β-unsaturated/α-hetero) is 1. The van der Waals surface area contributed by atoms with Crippen LogP contribution in [0.5, 0.6) is 0 Å². The van der Waals surface area contributed by atoms with Gasteiger partial charge >= 0.3 is 12.1 Å². The Kier molecular flexibility index (Phi) is 7.88. The molecule has 5 nitrogen and oxygen atoms in total. The number of carboxylic acids is 1. The van der Waals surface area contributed by atoms with E-state index in [0.717, 1.165) is 10.4 Å². The SMILES string of the molecule is O=C(C[C@@H](Cc1ccccc1)C(=O)O)c1ccc2c(c1)nc(Cc1cccs1)n2C1CCCCC1C(F)(F)F. The molecule has 3 atom stereocenters. The van der Waals surface area contributed by atoms with E-state index < -0.39 is 30.0 Å². The summed E-state index contributed by atoms with van der Waals surface area (Å²) in [5, 5.41) is 11.7. The summed E-state index contributed by atoms with van der Waals surface area (Å²) in [6, 6.07) is 17.1. The van der Waals surface area contributed by atoms with Gasteiger partial charge in [-0.15, -0.1) is 11.3 Å². The minimum atomic E-state index is -4.32. The van der Waals surface area contributed by atoms with E-state index in [9.17, 15) is 27.9 Å². The fourth-order valence-corrected chi connectivity index (χ4v) is 6.38. The Morgan fingerprint density at radius 2 is 1.82 bits per heavy atom. The van der Waals surface area contributed by atoms with E-state index in [1.54, 1.807) is 22.8 Å². The number of benzene rings is 2. The van der Waals surface area contributed by atoms with Gasteiger partial charge in [0.2, 0.25) is 0 Å². The van der Waals surface area contributed by atoms with Crippen LogP contribution in [0.3, 0.4) is 0 Å². The molecule has 1 aliphatic rings. The summed E-state index contributed by atoms with van der Waals surface area (Å²) >= 11 is 1.52. The molecule has 2 unspecified atom stereocenters. The first-order valence-electron chi connectivity index (χ1n) is 13.1. The molecule has 0 saturated heterocycles. The highest BCUT2D eigenvalue weighted by molar-refractivity contribution is 7.09. The molecule has 1 saturated carbocycles. The molecular weight excluding hydrogens is 525 g/mol. The Bertz CT molecular complexity index is 1450. The molecule has 2 heterocycles. The molecule has 2 aromatic carbocycles. The van der Waals surface area contributed by atoms with Crippen molar-refractivity contribution in [1.82, 2.24) is 9.55 Å². The molecule has 0 bridgehead atoms. The number of imidazole rings is 1. The summed E-state index contributed by atoms with van der Waals surface area (Å²) in [4.78, 5) is 30.8. The van der Waals surface area contributed by atoms with Gasteiger partial charge in [-0.2, -0.15) is 13.2 Å². The number of carbonyl (C=O) groups excluding carboxylic acids is 1. The molecular formula is C30H29F3N2O3S. The van der Waals surface area contributed by atoms with E-state index in [-0.39, 0.29) is 25.0 Å². The number of hydrogen-bond acceptors (Lipinski definition) is 4. The van der Waals surface area contributed by atoms with Gasteiger partial charge in [-0.3, -0.25) is 9.59 Å². The van der Waals surface area contributed by atoms with Crippen LogP contribution in [0.2, 0.25) is 0 Å². The first-order valence-corrected chi connectivity index (χ1v) is 14.0. The van der Waals surface area contributed by atoms with Crippen molar-refractivity contribution in [2.45, 2.75) is 57.2 Å². The van der Waals surface area contributed by atoms with Gasteiger partial charge in [0.1, 0.15) is 5.82 Å². The summed E-state index contributed by atoms with van der Waals surface area (Å²) in [5.74, 6) is -3.18. The summed E-state index contributed by atoms with van der Waals surface area (Å²) in [7, 11) is 0. The zero-order chi connectivity index (χ0) is 27.6. The van der Waals surface area contributed by atoms with Gasteiger partial charge in [0.15, 0.2) is 5.78 Å². The van der Waals surface area contributed by atoms with Crippen LogP contribution in [0.4, 0.5) is 13.2 Å². The van der Waals surface area contributed by atoms with Gasteiger partial charge in [0.05, 0.1) is 22.9 Å². The van der Waals surface area contributed by atoms with Gasteiger partial charge in [0, 0.05) is 29.3 Å². The fourth-order valence-electron chi connectivity index (χ4n) is 5.68. The number of hydrogen-bond donors (Lipinski definition) is 1. The van der Waals surface area contributed by atoms with Crippen LogP contribution in [0.25, 0.3) is 11.0 Å². The molecule has 204 valence electrons. The number of halogens is 3. The lowest BCUT2D eigenvalue weighted by molar-refractivity contribution is -0.193. The van der Waals surface area contributed by atoms with E-state index in [2.05, 4.69) is 0 Å². The predicted octanol–water partition coefficient (Wildman–Crippen LogP) is 7.50. The average Bonchev–Trinajstić information content (AvgIpc) is 3.55. The minimum Gasteiger partial charge on any atom is -0.481 e. The van der Waals surface area contributed by atoms with E-state index in [4.69, 9.17) is 4.98 Å². The van der Waals surface area contributed by atoms with E-state index >= 15 is 0 Å². The molecule has 39 heavy (non-hydrogen) atoms. The molecule has 2 aromatic heterocycles. The van der Waals surface area contributed by atoms with E-state index in [1.807, 2.05) is 47.8 Å². The molecule has 0 spiro atoms. The largest absolute Gasteiger partial charge is 0.481 e. The van der Waals surface area contributed by atoms with Gasteiger partial charge < -0.3 is 9.67 Å². The topological polar surface area (TPSA) is 72.2 Å². The number of carboxylic acid groups (broad SMARTS) is 1. The highest BCUT2D eigenvalue weighted by atomic mass is 32.1. The molecule has 1 fully saturated rings. The Morgan fingerprint density at radius 3 is 2.51 bits per heavy atom. The second-order valence-corrected chi connectivity index (χ2v) is 11.2. The van der Waals surface area contributed by atoms with Crippen LogP contribution in [0.1, 0.15) is 64.8 Å². The van der Waals surface area contributed by atoms with Crippen molar-refractivity contribution in [3.8, 4) is 0 Å². The van der Waals surface area contributed by atoms with Crippen molar-refractivity contribution < 1.29 is 27.9 Å². The third-order valence-electron chi connectivity index (χ3n) is 7.58. The lowest BCUT2D eigenvalue weighted by atomic mass is 9.83. The molecule has 5 rings (SSSR count). The molecule has 9 heteroatoms. The summed E-state index contributed by atoms with van der Waals surface area (Å²) in [6.45, 7) is 0. The lowest BCUT2D eigenvalue weighted by Gasteiger charge is -2.35. The zero-order valence-corrected chi connectivity index (χ0v) is 22.0. The van der Waals surface area contributed by atoms with Crippen LogP contribution >= 0.6 is 11.3 Å². The Morgan fingerprint density at radius 1 is 1.05 bits per heavy atom. The summed E-state index contributed by atoms with van der Waals surface area (Å²) in [6.07, 6.45) is -2.13. The monoisotopic (exact) mass is 554 g/mol. The standard InChI is InChI=1S/C30H29F3N2O3S/c31-30(32,33)23-10-4-5-11-25(23)35-26-13-12-20(16-24(26)34-28(35)18-22-9-6-14-39-22)27(36)17-21(29(37)38)15-19-7-2-1-3-8-19/h1-3,6-9,12-14,16,21,23,25H,4-5,10-11,15,17-18H2,(H,37,38)/t21-,23?,25?/m1/s1. The highest BCUT2D eigenvalue weighted by Gasteiger charge is 2.47.